The number of benzene rings is 1. The quantitative estimate of drug-likeness (QED) is 0.938. The molecule has 1 aliphatic rings. The number of rotatable bonds is 4. The molecular formula is C15H17Cl2N3O. The third-order valence-electron chi connectivity index (χ3n) is 3.64. The first-order chi connectivity index (χ1) is 10.2. The van der Waals surface area contributed by atoms with Crippen molar-refractivity contribution in [1.82, 2.24) is 14.9 Å². The zero-order chi connectivity index (χ0) is 14.7. The van der Waals surface area contributed by atoms with Crippen LogP contribution in [0.2, 0.25) is 10.0 Å². The summed E-state index contributed by atoms with van der Waals surface area (Å²) in [6, 6.07) is 5.62. The van der Waals surface area contributed by atoms with Crippen LogP contribution in [-0.4, -0.2) is 29.2 Å². The van der Waals surface area contributed by atoms with Gasteiger partial charge in [-0.1, -0.05) is 29.3 Å². The minimum absolute atomic E-state index is 0.0712. The number of hydrogen-bond donors (Lipinski definition) is 1. The van der Waals surface area contributed by atoms with E-state index in [4.69, 9.17) is 27.9 Å². The molecule has 1 atom stereocenters. The topological polar surface area (TPSA) is 39.1 Å². The maximum atomic E-state index is 6.21. The molecule has 1 aromatic heterocycles. The second-order valence-electron chi connectivity index (χ2n) is 5.06. The molecule has 0 amide bonds. The summed E-state index contributed by atoms with van der Waals surface area (Å²) in [5.41, 5.74) is 2.19. The van der Waals surface area contributed by atoms with Gasteiger partial charge < -0.3 is 14.6 Å². The number of morpholine rings is 1. The van der Waals surface area contributed by atoms with E-state index in [0.29, 0.717) is 10.0 Å². The Morgan fingerprint density at radius 2 is 2.29 bits per heavy atom. The van der Waals surface area contributed by atoms with Gasteiger partial charge in [0.25, 0.3) is 0 Å². The lowest BCUT2D eigenvalue weighted by Gasteiger charge is -2.24. The number of imidazole rings is 1. The van der Waals surface area contributed by atoms with Crippen LogP contribution in [-0.2, 0) is 17.7 Å². The van der Waals surface area contributed by atoms with Crippen molar-refractivity contribution in [1.29, 1.82) is 0 Å². The van der Waals surface area contributed by atoms with Crippen LogP contribution in [0.15, 0.2) is 30.7 Å². The van der Waals surface area contributed by atoms with E-state index in [1.54, 1.807) is 6.07 Å². The fourth-order valence-electron chi connectivity index (χ4n) is 2.51. The molecule has 2 aromatic rings. The summed E-state index contributed by atoms with van der Waals surface area (Å²) in [6.45, 7) is 3.29. The first kappa shape index (κ1) is 14.9. The van der Waals surface area contributed by atoms with E-state index < -0.39 is 0 Å². The zero-order valence-electron chi connectivity index (χ0n) is 11.6. The van der Waals surface area contributed by atoms with E-state index in [-0.39, 0.29) is 6.10 Å². The maximum Gasteiger partial charge on any atom is 0.111 e. The number of nitrogens with one attached hydrogen (secondary N) is 1. The molecule has 1 N–H and O–H groups in total. The Balaban J connectivity index is 1.69. The first-order valence-corrected chi connectivity index (χ1v) is 7.76. The monoisotopic (exact) mass is 325 g/mol. The van der Waals surface area contributed by atoms with Gasteiger partial charge in [0.15, 0.2) is 0 Å². The zero-order valence-corrected chi connectivity index (χ0v) is 13.1. The summed E-state index contributed by atoms with van der Waals surface area (Å²) >= 11 is 12.1. The molecule has 1 aliphatic heterocycles. The van der Waals surface area contributed by atoms with Crippen molar-refractivity contribution >= 4 is 23.2 Å². The Bertz CT molecular complexity index is 609. The van der Waals surface area contributed by atoms with E-state index in [0.717, 1.165) is 43.9 Å². The molecule has 1 fully saturated rings. The van der Waals surface area contributed by atoms with Crippen molar-refractivity contribution < 1.29 is 4.74 Å². The summed E-state index contributed by atoms with van der Waals surface area (Å²) in [5, 5.41) is 4.71. The fraction of sp³-hybridized carbons (Fsp3) is 0.400. The highest BCUT2D eigenvalue weighted by atomic mass is 35.5. The highest BCUT2D eigenvalue weighted by Crippen LogP contribution is 2.23. The number of halogens is 2. The fourth-order valence-corrected chi connectivity index (χ4v) is 3.01. The third kappa shape index (κ3) is 3.58. The van der Waals surface area contributed by atoms with Gasteiger partial charge in [0.2, 0.25) is 0 Å². The number of aryl methyl sites for hydroxylation is 2. The molecule has 3 rings (SSSR count). The van der Waals surface area contributed by atoms with Crippen molar-refractivity contribution in [2.24, 2.45) is 0 Å². The number of nitrogens with zero attached hydrogens (tertiary/aromatic N) is 2. The van der Waals surface area contributed by atoms with Crippen LogP contribution in [0.4, 0.5) is 0 Å². The number of ether oxygens (including phenoxy) is 1. The second kappa shape index (κ2) is 6.79. The second-order valence-corrected chi connectivity index (χ2v) is 5.90. The molecule has 4 nitrogen and oxygen atoms in total. The Kier molecular flexibility index (Phi) is 4.80. The van der Waals surface area contributed by atoms with Crippen molar-refractivity contribution in [2.75, 3.05) is 19.7 Å². The number of aromatic nitrogens is 2. The lowest BCUT2D eigenvalue weighted by atomic mass is 10.1. The van der Waals surface area contributed by atoms with E-state index >= 15 is 0 Å². The molecule has 2 heterocycles. The summed E-state index contributed by atoms with van der Waals surface area (Å²) in [5.74, 6) is 0. The van der Waals surface area contributed by atoms with Crippen LogP contribution < -0.4 is 5.32 Å². The van der Waals surface area contributed by atoms with Crippen LogP contribution >= 0.6 is 23.2 Å². The minimum Gasteiger partial charge on any atom is -0.369 e. The standard InChI is InChI=1S/C15H17Cl2N3O/c16-12-2-1-11(13(17)7-12)3-5-20-10-19-8-14(20)15-9-18-4-6-21-15/h1-2,7-8,10,15,18H,3-6,9H2. The SMILES string of the molecule is Clc1ccc(CCn2cncc2C2CNCCO2)c(Cl)c1. The molecule has 112 valence electrons. The molecule has 0 aliphatic carbocycles. The van der Waals surface area contributed by atoms with Gasteiger partial charge in [-0.25, -0.2) is 4.98 Å². The molecular weight excluding hydrogens is 309 g/mol. The van der Waals surface area contributed by atoms with Crippen molar-refractivity contribution in [3.8, 4) is 0 Å². The summed E-state index contributed by atoms with van der Waals surface area (Å²) in [7, 11) is 0. The Morgan fingerprint density at radius 1 is 1.38 bits per heavy atom. The van der Waals surface area contributed by atoms with Crippen molar-refractivity contribution in [2.45, 2.75) is 19.1 Å². The smallest absolute Gasteiger partial charge is 0.111 e. The Hall–Kier alpha value is -1.07. The van der Waals surface area contributed by atoms with Crippen LogP contribution in [0.3, 0.4) is 0 Å². The van der Waals surface area contributed by atoms with Gasteiger partial charge in [-0.15, -0.1) is 0 Å². The average Bonchev–Trinajstić information content (AvgIpc) is 2.96. The maximum absolute atomic E-state index is 6.21. The molecule has 1 saturated heterocycles. The molecule has 21 heavy (non-hydrogen) atoms. The van der Waals surface area contributed by atoms with Gasteiger partial charge in [-0.2, -0.15) is 0 Å². The Labute approximate surface area is 134 Å². The van der Waals surface area contributed by atoms with Crippen LogP contribution in [0.1, 0.15) is 17.4 Å². The molecule has 0 saturated carbocycles. The lowest BCUT2D eigenvalue weighted by molar-refractivity contribution is 0.0228. The van der Waals surface area contributed by atoms with Gasteiger partial charge in [0.1, 0.15) is 6.10 Å². The highest BCUT2D eigenvalue weighted by Gasteiger charge is 2.19. The van der Waals surface area contributed by atoms with Gasteiger partial charge >= 0.3 is 0 Å². The summed E-state index contributed by atoms with van der Waals surface area (Å²) in [4.78, 5) is 4.25. The predicted octanol–water partition coefficient (Wildman–Crippen LogP) is 3.09. The van der Waals surface area contributed by atoms with E-state index in [9.17, 15) is 0 Å². The van der Waals surface area contributed by atoms with Crippen LogP contribution in [0.25, 0.3) is 0 Å². The van der Waals surface area contributed by atoms with E-state index in [1.807, 2.05) is 24.7 Å². The normalized spacial score (nSPS) is 18.9. The van der Waals surface area contributed by atoms with Crippen LogP contribution in [0.5, 0.6) is 0 Å². The van der Waals surface area contributed by atoms with Crippen LogP contribution in [0, 0.1) is 0 Å². The van der Waals surface area contributed by atoms with Gasteiger partial charge in [0.05, 0.1) is 24.8 Å². The number of hydrogen-bond acceptors (Lipinski definition) is 3. The predicted molar refractivity (Wildman–Crippen MR) is 84.0 cm³/mol. The van der Waals surface area contributed by atoms with Gasteiger partial charge in [-0.3, -0.25) is 0 Å². The van der Waals surface area contributed by atoms with Crippen molar-refractivity contribution in [3.63, 3.8) is 0 Å². The van der Waals surface area contributed by atoms with Gasteiger partial charge in [-0.05, 0) is 24.1 Å². The minimum atomic E-state index is 0.0712. The molecule has 6 heteroatoms. The van der Waals surface area contributed by atoms with E-state index in [2.05, 4.69) is 14.9 Å². The highest BCUT2D eigenvalue weighted by molar-refractivity contribution is 6.35. The van der Waals surface area contributed by atoms with E-state index in [1.165, 1.54) is 0 Å². The molecule has 0 spiro atoms. The Morgan fingerprint density at radius 3 is 3.05 bits per heavy atom. The molecule has 1 unspecified atom stereocenters. The third-order valence-corrected chi connectivity index (χ3v) is 4.23. The average molecular weight is 326 g/mol. The summed E-state index contributed by atoms with van der Waals surface area (Å²) < 4.78 is 7.92. The van der Waals surface area contributed by atoms with Gasteiger partial charge in [0, 0.05) is 29.7 Å². The molecule has 1 aromatic carbocycles. The summed E-state index contributed by atoms with van der Waals surface area (Å²) in [6.07, 6.45) is 4.62. The first-order valence-electron chi connectivity index (χ1n) is 7.00. The molecule has 0 radical (unpaired) electrons. The lowest BCUT2D eigenvalue weighted by Crippen LogP contribution is -2.34. The van der Waals surface area contributed by atoms with Crippen molar-refractivity contribution in [3.05, 3.63) is 52.0 Å². The largest absolute Gasteiger partial charge is 0.369 e. The molecule has 0 bridgehead atoms.